The Morgan fingerprint density at radius 3 is 2.50 bits per heavy atom. The maximum absolute atomic E-state index is 11.5. The molecule has 1 saturated carbocycles. The molecule has 0 amide bonds. The Morgan fingerprint density at radius 2 is 2.06 bits per heavy atom. The predicted molar refractivity (Wildman–Crippen MR) is 63.5 cm³/mol. The minimum atomic E-state index is 0.243. The first-order valence-electron chi connectivity index (χ1n) is 6.16. The molecule has 0 saturated heterocycles. The highest BCUT2D eigenvalue weighted by Crippen LogP contribution is 2.43. The standard InChI is InChI=1S/C13H20N2O/c1-5-10-11(7-12(10)16)13-8(3)14-15(6-2)9(13)4/h10-11H,5-7H2,1-4H3. The average Bonchev–Trinajstić information content (AvgIpc) is 2.51. The third-order valence-electron chi connectivity index (χ3n) is 3.87. The lowest BCUT2D eigenvalue weighted by atomic mass is 9.67. The van der Waals surface area contributed by atoms with Crippen LogP contribution >= 0.6 is 0 Å². The van der Waals surface area contributed by atoms with Gasteiger partial charge in [-0.1, -0.05) is 6.92 Å². The topological polar surface area (TPSA) is 34.9 Å². The lowest BCUT2D eigenvalue weighted by molar-refractivity contribution is -0.131. The molecule has 0 radical (unpaired) electrons. The van der Waals surface area contributed by atoms with Crippen LogP contribution in [-0.2, 0) is 11.3 Å². The van der Waals surface area contributed by atoms with Gasteiger partial charge in [0.25, 0.3) is 0 Å². The SMILES string of the molecule is CCC1C(=O)CC1c1c(C)nn(CC)c1C. The van der Waals surface area contributed by atoms with E-state index in [2.05, 4.69) is 32.8 Å². The first kappa shape index (κ1) is 11.4. The molecule has 3 nitrogen and oxygen atoms in total. The molecule has 3 heteroatoms. The number of carbonyl (C=O) groups is 1. The summed E-state index contributed by atoms with van der Waals surface area (Å²) in [6, 6.07) is 0. The van der Waals surface area contributed by atoms with Crippen molar-refractivity contribution in [2.24, 2.45) is 5.92 Å². The van der Waals surface area contributed by atoms with Crippen molar-refractivity contribution in [2.45, 2.75) is 53.0 Å². The Morgan fingerprint density at radius 1 is 1.38 bits per heavy atom. The molecule has 1 aliphatic rings. The minimum absolute atomic E-state index is 0.243. The number of hydrogen-bond acceptors (Lipinski definition) is 2. The molecular weight excluding hydrogens is 200 g/mol. The van der Waals surface area contributed by atoms with Gasteiger partial charge in [-0.15, -0.1) is 0 Å². The minimum Gasteiger partial charge on any atom is -0.299 e. The van der Waals surface area contributed by atoms with Gasteiger partial charge in [0.2, 0.25) is 0 Å². The molecule has 1 aromatic rings. The molecule has 1 aliphatic carbocycles. The zero-order valence-electron chi connectivity index (χ0n) is 10.6. The third kappa shape index (κ3) is 1.49. The molecule has 0 spiro atoms. The number of carbonyl (C=O) groups excluding carboxylic acids is 1. The Kier molecular flexibility index (Phi) is 2.87. The summed E-state index contributed by atoms with van der Waals surface area (Å²) >= 11 is 0. The summed E-state index contributed by atoms with van der Waals surface area (Å²) in [6.45, 7) is 9.29. The van der Waals surface area contributed by atoms with Crippen molar-refractivity contribution in [2.75, 3.05) is 0 Å². The molecule has 0 bridgehead atoms. The third-order valence-corrected chi connectivity index (χ3v) is 3.87. The normalized spacial score (nSPS) is 24.6. The van der Waals surface area contributed by atoms with E-state index in [1.54, 1.807) is 0 Å². The molecule has 1 aromatic heterocycles. The van der Waals surface area contributed by atoms with E-state index in [9.17, 15) is 4.79 Å². The van der Waals surface area contributed by atoms with Gasteiger partial charge in [-0.05, 0) is 27.2 Å². The number of aromatic nitrogens is 2. The summed E-state index contributed by atoms with van der Waals surface area (Å²) in [7, 11) is 0. The molecule has 1 fully saturated rings. The second-order valence-electron chi connectivity index (χ2n) is 4.69. The number of aryl methyl sites for hydroxylation is 2. The largest absolute Gasteiger partial charge is 0.299 e. The Labute approximate surface area is 96.8 Å². The van der Waals surface area contributed by atoms with Crippen molar-refractivity contribution in [1.82, 2.24) is 9.78 Å². The fraction of sp³-hybridized carbons (Fsp3) is 0.692. The monoisotopic (exact) mass is 220 g/mol. The van der Waals surface area contributed by atoms with Crippen molar-refractivity contribution < 1.29 is 4.79 Å². The van der Waals surface area contributed by atoms with Crippen molar-refractivity contribution >= 4 is 5.78 Å². The van der Waals surface area contributed by atoms with Crippen molar-refractivity contribution in [3.05, 3.63) is 17.0 Å². The molecule has 0 N–H and O–H groups in total. The highest BCUT2D eigenvalue weighted by Gasteiger charge is 2.41. The average molecular weight is 220 g/mol. The second-order valence-corrected chi connectivity index (χ2v) is 4.69. The Balaban J connectivity index is 2.34. The van der Waals surface area contributed by atoms with Gasteiger partial charge in [-0.3, -0.25) is 9.48 Å². The van der Waals surface area contributed by atoms with Crippen LogP contribution in [0, 0.1) is 19.8 Å². The van der Waals surface area contributed by atoms with E-state index in [0.717, 1.165) is 25.1 Å². The molecule has 16 heavy (non-hydrogen) atoms. The van der Waals surface area contributed by atoms with Crippen molar-refractivity contribution in [3.8, 4) is 0 Å². The van der Waals surface area contributed by atoms with E-state index in [1.165, 1.54) is 11.3 Å². The summed E-state index contributed by atoms with van der Waals surface area (Å²) in [5, 5.41) is 4.53. The van der Waals surface area contributed by atoms with Crippen LogP contribution in [0.1, 0.15) is 49.6 Å². The van der Waals surface area contributed by atoms with Crippen LogP contribution in [0.2, 0.25) is 0 Å². The van der Waals surface area contributed by atoms with E-state index >= 15 is 0 Å². The fourth-order valence-corrected chi connectivity index (χ4v) is 2.94. The van der Waals surface area contributed by atoms with Gasteiger partial charge in [-0.2, -0.15) is 5.10 Å². The summed E-state index contributed by atoms with van der Waals surface area (Å²) in [4.78, 5) is 11.5. The van der Waals surface area contributed by atoms with Gasteiger partial charge in [0, 0.05) is 36.1 Å². The van der Waals surface area contributed by atoms with Crippen molar-refractivity contribution in [1.29, 1.82) is 0 Å². The maximum Gasteiger partial charge on any atom is 0.137 e. The van der Waals surface area contributed by atoms with E-state index in [0.29, 0.717) is 11.7 Å². The zero-order valence-corrected chi connectivity index (χ0v) is 10.6. The number of rotatable bonds is 3. The van der Waals surface area contributed by atoms with Crippen LogP contribution in [0.4, 0.5) is 0 Å². The summed E-state index contributed by atoms with van der Waals surface area (Å²) in [5.41, 5.74) is 3.68. The molecule has 2 rings (SSSR count). The van der Waals surface area contributed by atoms with Gasteiger partial charge in [0.1, 0.15) is 5.78 Å². The van der Waals surface area contributed by atoms with Gasteiger partial charge in [0.05, 0.1) is 5.69 Å². The zero-order chi connectivity index (χ0) is 11.9. The van der Waals surface area contributed by atoms with Gasteiger partial charge in [0.15, 0.2) is 0 Å². The lowest BCUT2D eigenvalue weighted by Crippen LogP contribution is -2.35. The number of ketones is 1. The van der Waals surface area contributed by atoms with Crippen LogP contribution in [-0.4, -0.2) is 15.6 Å². The summed E-state index contributed by atoms with van der Waals surface area (Å²) in [5.74, 6) is 1.10. The molecule has 1 heterocycles. The lowest BCUT2D eigenvalue weighted by Gasteiger charge is -2.34. The number of nitrogens with zero attached hydrogens (tertiary/aromatic N) is 2. The van der Waals surface area contributed by atoms with Crippen LogP contribution in [0.3, 0.4) is 0 Å². The number of hydrogen-bond donors (Lipinski definition) is 0. The maximum atomic E-state index is 11.5. The van der Waals surface area contributed by atoms with Gasteiger partial charge in [-0.25, -0.2) is 0 Å². The molecular formula is C13H20N2O. The smallest absolute Gasteiger partial charge is 0.137 e. The van der Waals surface area contributed by atoms with E-state index in [1.807, 2.05) is 4.68 Å². The Bertz CT molecular complexity index is 420. The number of Topliss-reactive ketones (excluding diaryl/α,β-unsaturated/α-hetero) is 1. The predicted octanol–water partition coefficient (Wildman–Crippen LogP) is 2.60. The molecule has 2 unspecified atom stereocenters. The van der Waals surface area contributed by atoms with Gasteiger partial charge < -0.3 is 0 Å². The van der Waals surface area contributed by atoms with Crippen molar-refractivity contribution in [3.63, 3.8) is 0 Å². The quantitative estimate of drug-likeness (QED) is 0.784. The fourth-order valence-electron chi connectivity index (χ4n) is 2.94. The van der Waals surface area contributed by atoms with Crippen LogP contribution < -0.4 is 0 Å². The van der Waals surface area contributed by atoms with Crippen LogP contribution in [0.5, 0.6) is 0 Å². The first-order valence-corrected chi connectivity index (χ1v) is 6.16. The van der Waals surface area contributed by atoms with E-state index in [4.69, 9.17) is 0 Å². The molecule has 88 valence electrons. The first-order chi connectivity index (χ1) is 7.60. The summed E-state index contributed by atoms with van der Waals surface area (Å²) < 4.78 is 2.04. The van der Waals surface area contributed by atoms with E-state index < -0.39 is 0 Å². The molecule has 0 aromatic carbocycles. The summed E-state index contributed by atoms with van der Waals surface area (Å²) in [6.07, 6.45) is 1.68. The van der Waals surface area contributed by atoms with Crippen LogP contribution in [0.25, 0.3) is 0 Å². The Hall–Kier alpha value is -1.12. The highest BCUT2D eigenvalue weighted by molar-refractivity contribution is 5.89. The van der Waals surface area contributed by atoms with Crippen LogP contribution in [0.15, 0.2) is 0 Å². The van der Waals surface area contributed by atoms with E-state index in [-0.39, 0.29) is 5.92 Å². The highest BCUT2D eigenvalue weighted by atomic mass is 16.1. The molecule has 2 atom stereocenters. The molecule has 0 aliphatic heterocycles. The van der Waals surface area contributed by atoms with Gasteiger partial charge >= 0.3 is 0 Å². The second kappa shape index (κ2) is 4.04.